The zero-order valence-electron chi connectivity index (χ0n) is 29.9. The number of carbonyl (C=O) groups is 1. The van der Waals surface area contributed by atoms with Gasteiger partial charge in [0.15, 0.2) is 12.6 Å². The van der Waals surface area contributed by atoms with E-state index < -0.39 is 10.8 Å². The van der Waals surface area contributed by atoms with Crippen LogP contribution >= 0.6 is 11.6 Å². The molecule has 15 heteroatoms. The first-order valence-corrected chi connectivity index (χ1v) is 17.6. The zero-order chi connectivity index (χ0) is 36.1. The SMILES string of the molecule is C=N/C(=C\C(=C(/C)Cl)c1cccc(NCC2(C#N)CCOCC2)n1)N[C@H]1CC[C@H](N[C@@H](C)COCc2nnnn2COC(=O)C(C)(C)C)CC1. The van der Waals surface area contributed by atoms with Gasteiger partial charge in [-0.05, 0) is 108 Å². The molecule has 3 N–H and O–H groups in total. The Morgan fingerprint density at radius 1 is 1.26 bits per heavy atom. The predicted molar refractivity (Wildman–Crippen MR) is 192 cm³/mol. The van der Waals surface area contributed by atoms with Crippen molar-refractivity contribution in [1.82, 2.24) is 35.8 Å². The van der Waals surface area contributed by atoms with Crippen molar-refractivity contribution in [3.8, 4) is 6.07 Å². The van der Waals surface area contributed by atoms with E-state index >= 15 is 0 Å². The standard InChI is InChI=1S/C35H51ClN10O4/c1-24(19-49-20-32-43-44-45-46(32)23-50-33(47)34(3,4)5)40-26-10-12-27(13-11-26)41-31(38-6)18-28(25(2)36)29-8-7-9-30(42-29)39-22-35(21-37)14-16-48-17-15-35/h7-9,18,24,26-27,40-41H,6,10-17,19-20,22-23H2,1-5H3,(H,39,42)/b28-25-,31-18+/t24-,26-,27-/m0/s1. The van der Waals surface area contributed by atoms with Crippen LogP contribution in [0.5, 0.6) is 0 Å². The van der Waals surface area contributed by atoms with Gasteiger partial charge in [0.25, 0.3) is 0 Å². The van der Waals surface area contributed by atoms with Gasteiger partial charge >= 0.3 is 5.97 Å². The average molecular weight is 711 g/mol. The number of tetrazole rings is 1. The minimum Gasteiger partial charge on any atom is -0.442 e. The van der Waals surface area contributed by atoms with Crippen molar-refractivity contribution in [2.75, 3.05) is 31.7 Å². The molecule has 1 aliphatic heterocycles. The number of carbonyl (C=O) groups excluding carboxylic acids is 1. The average Bonchev–Trinajstić information content (AvgIpc) is 3.55. The largest absolute Gasteiger partial charge is 0.442 e. The minimum absolute atomic E-state index is 0.0582. The van der Waals surface area contributed by atoms with Crippen LogP contribution < -0.4 is 16.0 Å². The highest BCUT2D eigenvalue weighted by molar-refractivity contribution is 6.32. The van der Waals surface area contributed by atoms with Gasteiger partial charge in [-0.2, -0.15) is 9.94 Å². The number of nitrogens with zero attached hydrogens (tertiary/aromatic N) is 7. The van der Waals surface area contributed by atoms with E-state index in [1.165, 1.54) is 4.68 Å². The maximum Gasteiger partial charge on any atom is 0.313 e. The number of nitriles is 1. The number of halogens is 1. The monoisotopic (exact) mass is 710 g/mol. The van der Waals surface area contributed by atoms with E-state index in [9.17, 15) is 10.1 Å². The van der Waals surface area contributed by atoms with Gasteiger partial charge in [-0.15, -0.1) is 5.10 Å². The molecule has 1 saturated carbocycles. The van der Waals surface area contributed by atoms with Gasteiger partial charge in [-0.1, -0.05) is 17.7 Å². The number of nitrogens with one attached hydrogen (secondary N) is 3. The number of hydrogen-bond donors (Lipinski definition) is 3. The van der Waals surface area contributed by atoms with Crippen molar-refractivity contribution < 1.29 is 19.0 Å². The first-order valence-electron chi connectivity index (χ1n) is 17.2. The summed E-state index contributed by atoms with van der Waals surface area (Å²) in [4.78, 5) is 21.2. The Morgan fingerprint density at radius 2 is 1.98 bits per heavy atom. The van der Waals surface area contributed by atoms with Crippen molar-refractivity contribution in [2.45, 2.75) is 105 Å². The van der Waals surface area contributed by atoms with Crippen LogP contribution in [0.15, 0.2) is 40.1 Å². The molecule has 1 aliphatic carbocycles. The van der Waals surface area contributed by atoms with Crippen molar-refractivity contribution in [3.63, 3.8) is 0 Å². The topological polar surface area (TPSA) is 173 Å². The number of esters is 1. The lowest BCUT2D eigenvalue weighted by Crippen LogP contribution is -2.44. The lowest BCUT2D eigenvalue weighted by molar-refractivity contribution is -0.157. The number of anilines is 1. The fourth-order valence-corrected chi connectivity index (χ4v) is 5.96. The number of aromatic nitrogens is 5. The molecule has 50 heavy (non-hydrogen) atoms. The van der Waals surface area contributed by atoms with Crippen LogP contribution in [0.1, 0.15) is 84.7 Å². The molecule has 3 heterocycles. The number of rotatable bonds is 16. The summed E-state index contributed by atoms with van der Waals surface area (Å²) in [6.07, 6.45) is 7.19. The zero-order valence-corrected chi connectivity index (χ0v) is 30.6. The number of pyridine rings is 1. The summed E-state index contributed by atoms with van der Waals surface area (Å²) in [5.41, 5.74) is 0.378. The van der Waals surface area contributed by atoms with Gasteiger partial charge in [0.2, 0.25) is 0 Å². The third kappa shape index (κ3) is 11.6. The second-order valence-corrected chi connectivity index (χ2v) is 14.6. The second kappa shape index (κ2) is 18.4. The van der Waals surface area contributed by atoms with E-state index in [4.69, 9.17) is 30.8 Å². The Kier molecular flexibility index (Phi) is 14.3. The van der Waals surface area contributed by atoms with Crippen LogP contribution in [-0.4, -0.2) is 82.4 Å². The fourth-order valence-electron chi connectivity index (χ4n) is 5.81. The van der Waals surface area contributed by atoms with Gasteiger partial charge in [-0.3, -0.25) is 4.79 Å². The molecule has 0 unspecified atom stereocenters. The molecule has 0 amide bonds. The summed E-state index contributed by atoms with van der Waals surface area (Å²) >= 11 is 6.58. The van der Waals surface area contributed by atoms with E-state index in [2.05, 4.69) is 56.2 Å². The second-order valence-electron chi connectivity index (χ2n) is 14.1. The summed E-state index contributed by atoms with van der Waals surface area (Å²) in [5, 5.41) is 32.6. The van der Waals surface area contributed by atoms with Crippen molar-refractivity contribution >= 4 is 35.7 Å². The summed E-state index contributed by atoms with van der Waals surface area (Å²) < 4.78 is 18.1. The first-order chi connectivity index (χ1) is 23.9. The predicted octanol–water partition coefficient (Wildman–Crippen LogP) is 4.95. The Morgan fingerprint density at radius 3 is 2.64 bits per heavy atom. The van der Waals surface area contributed by atoms with Crippen LogP contribution in [0.3, 0.4) is 0 Å². The van der Waals surface area contributed by atoms with E-state index in [1.54, 1.807) is 20.8 Å². The van der Waals surface area contributed by atoms with Gasteiger partial charge in [0.1, 0.15) is 18.2 Å². The van der Waals surface area contributed by atoms with Gasteiger partial charge in [-0.25, -0.2) is 9.98 Å². The van der Waals surface area contributed by atoms with E-state index in [1.807, 2.05) is 31.2 Å². The van der Waals surface area contributed by atoms with Crippen molar-refractivity contribution in [3.05, 3.63) is 46.6 Å². The number of ether oxygens (including phenoxy) is 3. The highest BCUT2D eigenvalue weighted by atomic mass is 35.5. The lowest BCUT2D eigenvalue weighted by Gasteiger charge is -2.32. The molecule has 0 spiro atoms. The fraction of sp³-hybridized carbons (Fsp3) is 0.629. The maximum absolute atomic E-state index is 12.1. The summed E-state index contributed by atoms with van der Waals surface area (Å²) in [6.45, 7) is 15.4. The summed E-state index contributed by atoms with van der Waals surface area (Å²) in [5.74, 6) is 1.48. The molecule has 2 aromatic rings. The molecule has 4 rings (SSSR count). The van der Waals surface area contributed by atoms with Crippen LogP contribution in [-0.2, 0) is 32.3 Å². The summed E-state index contributed by atoms with van der Waals surface area (Å²) in [6, 6.07) is 8.93. The first kappa shape index (κ1) is 38.9. The molecule has 2 fully saturated rings. The number of allylic oxidation sites excluding steroid dienone is 3. The Bertz CT molecular complexity index is 1530. The van der Waals surface area contributed by atoms with E-state index in [0.717, 1.165) is 31.3 Å². The number of aliphatic imine (C=N–C) groups is 1. The Labute approximate surface area is 300 Å². The quantitative estimate of drug-likeness (QED) is 0.122. The van der Waals surface area contributed by atoms with Gasteiger partial charge in [0.05, 0.1) is 29.2 Å². The molecule has 2 aliphatic rings. The van der Waals surface area contributed by atoms with Gasteiger partial charge < -0.3 is 30.2 Å². The Balaban J connectivity index is 1.23. The van der Waals surface area contributed by atoms with E-state index in [0.29, 0.717) is 73.4 Å². The highest BCUT2D eigenvalue weighted by Gasteiger charge is 2.32. The molecular weight excluding hydrogens is 660 g/mol. The molecule has 2 aromatic heterocycles. The number of hydrogen-bond acceptors (Lipinski definition) is 13. The van der Waals surface area contributed by atoms with Crippen molar-refractivity contribution in [1.29, 1.82) is 5.26 Å². The molecule has 0 bridgehead atoms. The van der Waals surface area contributed by atoms with Crippen LogP contribution in [0.4, 0.5) is 5.82 Å². The maximum atomic E-state index is 12.1. The molecule has 14 nitrogen and oxygen atoms in total. The molecule has 272 valence electrons. The normalized spacial score (nSPS) is 20.6. The van der Waals surface area contributed by atoms with E-state index in [-0.39, 0.29) is 31.4 Å². The Hall–Kier alpha value is -3.90. The molecule has 0 radical (unpaired) electrons. The summed E-state index contributed by atoms with van der Waals surface area (Å²) in [7, 11) is 0. The molecule has 1 atom stereocenters. The minimum atomic E-state index is -0.605. The van der Waals surface area contributed by atoms with Crippen molar-refractivity contribution in [2.24, 2.45) is 15.8 Å². The van der Waals surface area contributed by atoms with Crippen LogP contribution in [0.2, 0.25) is 0 Å². The molecule has 0 aromatic carbocycles. The third-order valence-corrected chi connectivity index (χ3v) is 9.08. The van der Waals surface area contributed by atoms with Gasteiger partial charge in [0, 0.05) is 48.5 Å². The van der Waals surface area contributed by atoms with Crippen LogP contribution in [0, 0.1) is 22.2 Å². The van der Waals surface area contributed by atoms with Crippen LogP contribution in [0.25, 0.3) is 5.57 Å². The molecular formula is C35H51ClN10O4. The lowest BCUT2D eigenvalue weighted by atomic mass is 9.82. The smallest absolute Gasteiger partial charge is 0.313 e. The molecule has 1 saturated heterocycles. The third-order valence-electron chi connectivity index (χ3n) is 8.88. The highest BCUT2D eigenvalue weighted by Crippen LogP contribution is 2.30.